The zero-order valence-electron chi connectivity index (χ0n) is 17.6. The fourth-order valence-electron chi connectivity index (χ4n) is 3.04. The van der Waals surface area contributed by atoms with Crippen LogP contribution in [-0.2, 0) is 0 Å². The second-order valence-electron chi connectivity index (χ2n) is 7.70. The van der Waals surface area contributed by atoms with Crippen LogP contribution >= 0.6 is 35.6 Å². The Kier molecular flexibility index (Phi) is 7.10. The SMILES string of the molecule is CN(C)c1ccc(/C=N/N2C(=S)SC(C)(C)[C@@H]2N(O)C(=O)Nc2ccc(Cl)cc2)cc1. The summed E-state index contributed by atoms with van der Waals surface area (Å²) in [4.78, 5) is 14.7. The minimum Gasteiger partial charge on any atom is -0.378 e. The summed E-state index contributed by atoms with van der Waals surface area (Å²) in [6, 6.07) is 13.8. The molecule has 1 aliphatic heterocycles. The molecule has 2 aromatic rings. The third kappa shape index (κ3) is 5.48. The summed E-state index contributed by atoms with van der Waals surface area (Å²) in [7, 11) is 3.95. The van der Waals surface area contributed by atoms with E-state index in [4.69, 9.17) is 23.8 Å². The number of benzene rings is 2. The molecule has 0 unspecified atom stereocenters. The molecule has 164 valence electrons. The number of carbonyl (C=O) groups is 1. The van der Waals surface area contributed by atoms with Gasteiger partial charge in [-0.05, 0) is 55.8 Å². The highest BCUT2D eigenvalue weighted by Crippen LogP contribution is 2.42. The fourth-order valence-corrected chi connectivity index (χ4v) is 4.95. The number of hydrazone groups is 1. The third-order valence-electron chi connectivity index (χ3n) is 4.67. The first kappa shape index (κ1) is 23.3. The highest BCUT2D eigenvalue weighted by molar-refractivity contribution is 8.24. The number of thioether (sulfide) groups is 1. The van der Waals surface area contributed by atoms with Gasteiger partial charge in [0.1, 0.15) is 0 Å². The Labute approximate surface area is 196 Å². The van der Waals surface area contributed by atoms with Gasteiger partial charge in [-0.3, -0.25) is 5.21 Å². The molecule has 1 saturated heterocycles. The van der Waals surface area contributed by atoms with Crippen LogP contribution in [0.25, 0.3) is 0 Å². The molecule has 2 N–H and O–H groups in total. The van der Waals surface area contributed by atoms with Gasteiger partial charge in [-0.2, -0.15) is 10.2 Å². The maximum atomic E-state index is 12.7. The summed E-state index contributed by atoms with van der Waals surface area (Å²) in [5.41, 5.74) is 2.45. The Morgan fingerprint density at radius 1 is 1.23 bits per heavy atom. The predicted molar refractivity (Wildman–Crippen MR) is 132 cm³/mol. The molecule has 2 aromatic carbocycles. The highest BCUT2D eigenvalue weighted by Gasteiger charge is 2.50. The van der Waals surface area contributed by atoms with Gasteiger partial charge in [-0.1, -0.05) is 47.7 Å². The number of anilines is 2. The molecule has 10 heteroatoms. The zero-order valence-corrected chi connectivity index (χ0v) is 20.0. The van der Waals surface area contributed by atoms with Crippen molar-refractivity contribution in [2.75, 3.05) is 24.3 Å². The van der Waals surface area contributed by atoms with E-state index in [1.54, 1.807) is 30.5 Å². The van der Waals surface area contributed by atoms with Crippen molar-refractivity contribution in [2.24, 2.45) is 5.10 Å². The van der Waals surface area contributed by atoms with E-state index < -0.39 is 16.9 Å². The topological polar surface area (TPSA) is 71.4 Å². The number of carbonyl (C=O) groups excluding carboxylic acids is 1. The normalized spacial score (nSPS) is 17.8. The van der Waals surface area contributed by atoms with Gasteiger partial charge in [0.05, 0.1) is 11.0 Å². The Morgan fingerprint density at radius 3 is 2.42 bits per heavy atom. The molecule has 3 rings (SSSR count). The third-order valence-corrected chi connectivity index (χ3v) is 6.45. The minimum atomic E-state index is -0.797. The van der Waals surface area contributed by atoms with Crippen molar-refractivity contribution in [3.05, 3.63) is 59.1 Å². The summed E-state index contributed by atoms with van der Waals surface area (Å²) in [5, 5.41) is 20.6. The maximum absolute atomic E-state index is 12.7. The van der Waals surface area contributed by atoms with Gasteiger partial charge in [-0.25, -0.2) is 9.80 Å². The number of hydrogen-bond donors (Lipinski definition) is 2. The molecule has 7 nitrogen and oxygen atoms in total. The molecule has 31 heavy (non-hydrogen) atoms. The van der Waals surface area contributed by atoms with Crippen molar-refractivity contribution in [3.63, 3.8) is 0 Å². The number of hydroxylamine groups is 2. The van der Waals surface area contributed by atoms with Crippen LogP contribution in [0.4, 0.5) is 16.2 Å². The maximum Gasteiger partial charge on any atom is 0.347 e. The Hall–Kier alpha value is -2.33. The van der Waals surface area contributed by atoms with E-state index in [1.165, 1.54) is 16.8 Å². The number of hydrogen-bond acceptors (Lipinski definition) is 6. The molecule has 0 bridgehead atoms. The number of nitrogens with zero attached hydrogens (tertiary/aromatic N) is 4. The van der Waals surface area contributed by atoms with Gasteiger partial charge in [0.2, 0.25) is 0 Å². The van der Waals surface area contributed by atoms with Crippen molar-refractivity contribution < 1.29 is 10.0 Å². The first-order valence-electron chi connectivity index (χ1n) is 9.47. The molecular formula is C21H24ClN5O2S2. The molecule has 1 atom stereocenters. The lowest BCUT2D eigenvalue weighted by atomic mass is 10.1. The molecule has 1 fully saturated rings. The minimum absolute atomic E-state index is 0.467. The number of amides is 2. The van der Waals surface area contributed by atoms with Gasteiger partial charge < -0.3 is 10.2 Å². The average Bonchev–Trinajstić information content (AvgIpc) is 2.95. The average molecular weight is 478 g/mol. The van der Waals surface area contributed by atoms with Gasteiger partial charge in [0.15, 0.2) is 10.5 Å². The molecule has 1 heterocycles. The van der Waals surface area contributed by atoms with Crippen molar-refractivity contribution >= 4 is 63.5 Å². The molecular weight excluding hydrogens is 454 g/mol. The summed E-state index contributed by atoms with van der Waals surface area (Å²) >= 11 is 12.7. The number of thiocarbonyl (C=S) groups is 1. The summed E-state index contributed by atoms with van der Waals surface area (Å²) < 4.78 is -0.121. The number of halogens is 1. The molecule has 0 aliphatic carbocycles. The largest absolute Gasteiger partial charge is 0.378 e. The van der Waals surface area contributed by atoms with Crippen LogP contribution in [0.3, 0.4) is 0 Å². The van der Waals surface area contributed by atoms with E-state index in [-0.39, 0.29) is 0 Å². The lowest BCUT2D eigenvalue weighted by Crippen LogP contribution is -2.54. The highest BCUT2D eigenvalue weighted by atomic mass is 35.5. The van der Waals surface area contributed by atoms with Gasteiger partial charge in [0.25, 0.3) is 0 Å². The second kappa shape index (κ2) is 9.44. The Morgan fingerprint density at radius 2 is 1.84 bits per heavy atom. The second-order valence-corrected chi connectivity index (χ2v) is 10.4. The van der Waals surface area contributed by atoms with E-state index >= 15 is 0 Å². The monoisotopic (exact) mass is 477 g/mol. The van der Waals surface area contributed by atoms with Crippen LogP contribution in [-0.4, -0.2) is 56.9 Å². The molecule has 0 saturated carbocycles. The lowest BCUT2D eigenvalue weighted by Gasteiger charge is -2.34. The Balaban J connectivity index is 1.79. The van der Waals surface area contributed by atoms with E-state index in [0.29, 0.717) is 20.1 Å². The first-order valence-corrected chi connectivity index (χ1v) is 11.1. The summed E-state index contributed by atoms with van der Waals surface area (Å²) in [6.45, 7) is 3.80. The van der Waals surface area contributed by atoms with E-state index in [9.17, 15) is 10.0 Å². The van der Waals surface area contributed by atoms with E-state index in [0.717, 1.165) is 11.3 Å². The van der Waals surface area contributed by atoms with Gasteiger partial charge in [-0.15, -0.1) is 0 Å². The van der Waals surface area contributed by atoms with E-state index in [2.05, 4.69) is 10.4 Å². The first-order chi connectivity index (χ1) is 14.6. The number of urea groups is 1. The van der Waals surface area contributed by atoms with Crippen LogP contribution in [0.1, 0.15) is 19.4 Å². The van der Waals surface area contributed by atoms with Crippen molar-refractivity contribution in [1.29, 1.82) is 0 Å². The summed E-state index contributed by atoms with van der Waals surface area (Å²) in [6.07, 6.45) is 0.862. The number of nitrogens with one attached hydrogen (secondary N) is 1. The predicted octanol–water partition coefficient (Wildman–Crippen LogP) is 5.10. The molecule has 0 radical (unpaired) electrons. The molecule has 0 spiro atoms. The smallest absolute Gasteiger partial charge is 0.347 e. The van der Waals surface area contributed by atoms with Gasteiger partial charge in [0, 0.05) is 30.5 Å². The molecule has 1 aliphatic rings. The van der Waals surface area contributed by atoms with Crippen molar-refractivity contribution in [2.45, 2.75) is 24.8 Å². The summed E-state index contributed by atoms with van der Waals surface area (Å²) in [5.74, 6) is 0. The van der Waals surface area contributed by atoms with Crippen LogP contribution in [0, 0.1) is 0 Å². The van der Waals surface area contributed by atoms with Crippen LogP contribution in [0.2, 0.25) is 5.02 Å². The van der Waals surface area contributed by atoms with Crippen molar-refractivity contribution in [3.8, 4) is 0 Å². The standard InChI is InChI=1S/C21H24ClN5O2S2/c1-21(2)18(27(29)19(28)24-16-9-7-15(22)8-10-16)26(20(30)31-21)23-13-14-5-11-17(12-6-14)25(3)4/h5-13,18,29H,1-4H3,(H,24,28)/b23-13+/t18-/m0/s1. The quantitative estimate of drug-likeness (QED) is 0.270. The van der Waals surface area contributed by atoms with E-state index in [1.807, 2.05) is 57.1 Å². The lowest BCUT2D eigenvalue weighted by molar-refractivity contribution is -0.114. The molecule has 2 amide bonds. The fraction of sp³-hybridized carbons (Fsp3) is 0.286. The van der Waals surface area contributed by atoms with Crippen LogP contribution in [0.5, 0.6) is 0 Å². The number of rotatable bonds is 5. The van der Waals surface area contributed by atoms with Crippen molar-refractivity contribution in [1.82, 2.24) is 10.1 Å². The Bertz CT molecular complexity index is 980. The van der Waals surface area contributed by atoms with Crippen LogP contribution in [0.15, 0.2) is 53.6 Å². The molecule has 0 aromatic heterocycles. The van der Waals surface area contributed by atoms with Crippen LogP contribution < -0.4 is 10.2 Å². The van der Waals surface area contributed by atoms with Gasteiger partial charge >= 0.3 is 6.03 Å². The zero-order chi connectivity index (χ0) is 22.8.